The Bertz CT molecular complexity index is 1240. The number of carbonyl (C=O) groups excluding carboxylic acids is 1. The molecule has 1 fully saturated rings. The Labute approximate surface area is 187 Å². The lowest BCUT2D eigenvalue weighted by Gasteiger charge is -2.20. The lowest BCUT2D eigenvalue weighted by Crippen LogP contribution is -2.34. The molecule has 0 atom stereocenters. The number of imidazole rings is 1. The molecule has 0 aliphatic carbocycles. The first-order valence-corrected chi connectivity index (χ1v) is 11.1. The van der Waals surface area contributed by atoms with Crippen molar-refractivity contribution in [3.05, 3.63) is 78.1 Å². The first kappa shape index (κ1) is 20.5. The van der Waals surface area contributed by atoms with E-state index < -0.39 is 0 Å². The average molecular weight is 429 g/mol. The lowest BCUT2D eigenvalue weighted by atomic mass is 10.2. The van der Waals surface area contributed by atoms with E-state index in [0.29, 0.717) is 6.54 Å². The summed E-state index contributed by atoms with van der Waals surface area (Å²) < 4.78 is 4.20. The zero-order chi connectivity index (χ0) is 22.1. The van der Waals surface area contributed by atoms with Gasteiger partial charge >= 0.3 is 0 Å². The fraction of sp³-hybridized carbons (Fsp3) is 0.320. The predicted molar refractivity (Wildman–Crippen MR) is 125 cm³/mol. The second-order valence-corrected chi connectivity index (χ2v) is 8.51. The molecule has 5 rings (SSSR count). The minimum atomic E-state index is 0.0989. The summed E-state index contributed by atoms with van der Waals surface area (Å²) >= 11 is 0. The highest BCUT2D eigenvalue weighted by Crippen LogP contribution is 2.27. The van der Waals surface area contributed by atoms with Crippen LogP contribution in [-0.2, 0) is 6.54 Å². The van der Waals surface area contributed by atoms with Crippen molar-refractivity contribution in [2.45, 2.75) is 19.9 Å². The van der Waals surface area contributed by atoms with Crippen LogP contribution in [0.4, 0.5) is 0 Å². The van der Waals surface area contributed by atoms with Crippen LogP contribution in [0.25, 0.3) is 16.9 Å². The van der Waals surface area contributed by atoms with Gasteiger partial charge in [0.05, 0.1) is 23.3 Å². The van der Waals surface area contributed by atoms with Crippen LogP contribution in [0.2, 0.25) is 0 Å². The number of fused-ring (bicyclic) bond motifs is 1. The average Bonchev–Trinajstić information content (AvgIpc) is 3.28. The van der Waals surface area contributed by atoms with Crippen LogP contribution in [0, 0.1) is 6.92 Å². The molecular formula is C25H28N6O. The van der Waals surface area contributed by atoms with Crippen LogP contribution in [0.5, 0.6) is 0 Å². The maximum absolute atomic E-state index is 13.5. The summed E-state index contributed by atoms with van der Waals surface area (Å²) in [6.45, 7) is 6.20. The number of likely N-dealkylation sites (N-methyl/N-ethyl adjacent to an activating group) is 1. The minimum Gasteiger partial charge on any atom is -0.337 e. The number of nitrogens with zero attached hydrogens (tertiary/aromatic N) is 6. The molecule has 1 amide bonds. The van der Waals surface area contributed by atoms with Crippen LogP contribution in [0.1, 0.15) is 28.2 Å². The van der Waals surface area contributed by atoms with E-state index in [4.69, 9.17) is 4.98 Å². The summed E-state index contributed by atoms with van der Waals surface area (Å²) in [5.41, 5.74) is 4.59. The predicted octanol–water partition coefficient (Wildman–Crippen LogP) is 3.33. The van der Waals surface area contributed by atoms with Gasteiger partial charge in [0.25, 0.3) is 5.91 Å². The highest BCUT2D eigenvalue weighted by Gasteiger charge is 2.24. The van der Waals surface area contributed by atoms with Gasteiger partial charge < -0.3 is 18.8 Å². The molecule has 1 aliphatic rings. The second-order valence-electron chi connectivity index (χ2n) is 8.51. The van der Waals surface area contributed by atoms with E-state index in [1.54, 1.807) is 6.20 Å². The highest BCUT2D eigenvalue weighted by molar-refractivity contribution is 6.02. The topological polar surface area (TPSA) is 58.7 Å². The Morgan fingerprint density at radius 2 is 2.00 bits per heavy atom. The molecule has 0 bridgehead atoms. The van der Waals surface area contributed by atoms with E-state index in [9.17, 15) is 4.79 Å². The van der Waals surface area contributed by atoms with E-state index in [0.717, 1.165) is 66.5 Å². The summed E-state index contributed by atoms with van der Waals surface area (Å²) in [6.07, 6.45) is 8.72. The Morgan fingerprint density at radius 3 is 2.84 bits per heavy atom. The van der Waals surface area contributed by atoms with Crippen molar-refractivity contribution >= 4 is 11.4 Å². The highest BCUT2D eigenvalue weighted by atomic mass is 16.2. The standard InChI is InChI=1S/C25H28N6O/c1-19-27-22(18-30(19)17-20-7-5-9-26-16-20)24-15-21(23-8-3-4-12-31(23)24)25(32)29-11-6-10-28(2)13-14-29/h3-5,7-9,12,15-16,18H,6,10-11,13-14,17H2,1-2H3. The van der Waals surface area contributed by atoms with E-state index in [-0.39, 0.29) is 5.91 Å². The molecular weight excluding hydrogens is 400 g/mol. The van der Waals surface area contributed by atoms with Crippen LogP contribution in [-0.4, -0.2) is 67.9 Å². The molecule has 0 aromatic carbocycles. The number of amides is 1. The maximum Gasteiger partial charge on any atom is 0.256 e. The Morgan fingerprint density at radius 1 is 1.09 bits per heavy atom. The van der Waals surface area contributed by atoms with Gasteiger partial charge in [0, 0.05) is 44.4 Å². The molecule has 4 aromatic heterocycles. The quantitative estimate of drug-likeness (QED) is 0.500. The Balaban J connectivity index is 1.51. The largest absolute Gasteiger partial charge is 0.337 e. The second kappa shape index (κ2) is 8.59. The summed E-state index contributed by atoms with van der Waals surface area (Å²) in [7, 11) is 2.12. The summed E-state index contributed by atoms with van der Waals surface area (Å²) in [4.78, 5) is 26.8. The molecule has 1 aliphatic heterocycles. The fourth-order valence-electron chi connectivity index (χ4n) is 4.42. The molecule has 0 N–H and O–H groups in total. The number of hydrogen-bond acceptors (Lipinski definition) is 4. The number of aryl methyl sites for hydroxylation is 1. The van der Waals surface area contributed by atoms with Crippen LogP contribution in [0.3, 0.4) is 0 Å². The normalized spacial score (nSPS) is 15.2. The van der Waals surface area contributed by atoms with Crippen molar-refractivity contribution in [3.8, 4) is 11.4 Å². The zero-order valence-electron chi connectivity index (χ0n) is 18.6. The van der Waals surface area contributed by atoms with E-state index in [1.807, 2.05) is 54.5 Å². The Hall–Kier alpha value is -3.45. The molecule has 0 radical (unpaired) electrons. The maximum atomic E-state index is 13.5. The van der Waals surface area contributed by atoms with E-state index in [2.05, 4.69) is 38.2 Å². The molecule has 7 heteroatoms. The fourth-order valence-corrected chi connectivity index (χ4v) is 4.42. The van der Waals surface area contributed by atoms with Crippen molar-refractivity contribution < 1.29 is 4.79 Å². The molecule has 0 unspecified atom stereocenters. The number of rotatable bonds is 4. The molecule has 5 heterocycles. The van der Waals surface area contributed by atoms with Crippen molar-refractivity contribution in [3.63, 3.8) is 0 Å². The number of carbonyl (C=O) groups is 1. The van der Waals surface area contributed by atoms with Crippen LogP contribution in [0.15, 0.2) is 61.2 Å². The van der Waals surface area contributed by atoms with Gasteiger partial charge in [-0.3, -0.25) is 9.78 Å². The molecule has 4 aromatic rings. The summed E-state index contributed by atoms with van der Waals surface area (Å²) in [6, 6.07) is 12.0. The lowest BCUT2D eigenvalue weighted by molar-refractivity contribution is 0.0765. The SMILES string of the molecule is Cc1nc(-c2cc(C(=O)N3CCCN(C)CC3)c3ccccn23)cn1Cc1cccnc1. The Kier molecular flexibility index (Phi) is 5.49. The van der Waals surface area contributed by atoms with Crippen molar-refractivity contribution in [2.75, 3.05) is 33.2 Å². The summed E-state index contributed by atoms with van der Waals surface area (Å²) in [5, 5.41) is 0. The zero-order valence-corrected chi connectivity index (χ0v) is 18.6. The third kappa shape index (κ3) is 3.91. The number of aromatic nitrogens is 4. The van der Waals surface area contributed by atoms with Crippen molar-refractivity contribution in [1.29, 1.82) is 0 Å². The molecule has 0 spiro atoms. The first-order valence-electron chi connectivity index (χ1n) is 11.1. The molecule has 1 saturated heterocycles. The molecule has 164 valence electrons. The molecule has 0 saturated carbocycles. The third-order valence-electron chi connectivity index (χ3n) is 6.23. The number of hydrogen-bond donors (Lipinski definition) is 0. The van der Waals surface area contributed by atoms with Gasteiger partial charge in [0.2, 0.25) is 0 Å². The number of pyridine rings is 2. The smallest absolute Gasteiger partial charge is 0.256 e. The van der Waals surface area contributed by atoms with Gasteiger partial charge in [0.15, 0.2) is 0 Å². The minimum absolute atomic E-state index is 0.0989. The van der Waals surface area contributed by atoms with Gasteiger partial charge in [-0.1, -0.05) is 12.1 Å². The van der Waals surface area contributed by atoms with Gasteiger partial charge in [-0.15, -0.1) is 0 Å². The molecule has 7 nitrogen and oxygen atoms in total. The van der Waals surface area contributed by atoms with Gasteiger partial charge in [-0.05, 0) is 56.8 Å². The van der Waals surface area contributed by atoms with Gasteiger partial charge in [-0.2, -0.15) is 0 Å². The third-order valence-corrected chi connectivity index (χ3v) is 6.23. The molecule has 32 heavy (non-hydrogen) atoms. The van der Waals surface area contributed by atoms with Crippen LogP contribution >= 0.6 is 0 Å². The van der Waals surface area contributed by atoms with Crippen LogP contribution < -0.4 is 0 Å². The summed E-state index contributed by atoms with van der Waals surface area (Å²) in [5.74, 6) is 1.03. The van der Waals surface area contributed by atoms with Crippen molar-refractivity contribution in [2.24, 2.45) is 0 Å². The van der Waals surface area contributed by atoms with E-state index >= 15 is 0 Å². The monoisotopic (exact) mass is 428 g/mol. The van der Waals surface area contributed by atoms with Crippen molar-refractivity contribution in [1.82, 2.24) is 28.7 Å². The van der Waals surface area contributed by atoms with Gasteiger partial charge in [-0.25, -0.2) is 4.98 Å². The van der Waals surface area contributed by atoms with Gasteiger partial charge in [0.1, 0.15) is 11.5 Å². The first-order chi connectivity index (χ1) is 15.6. The van der Waals surface area contributed by atoms with E-state index in [1.165, 1.54) is 0 Å².